The summed E-state index contributed by atoms with van der Waals surface area (Å²) in [6.45, 7) is 1.84. The Morgan fingerprint density at radius 1 is 1.16 bits per heavy atom. The normalized spacial score (nSPS) is 14.0. The first-order chi connectivity index (χ1) is 12.3. The molecule has 25 heavy (non-hydrogen) atoms. The molecule has 0 radical (unpaired) electrons. The van der Waals surface area contributed by atoms with Crippen LogP contribution in [0.3, 0.4) is 0 Å². The van der Waals surface area contributed by atoms with Crippen LogP contribution in [0.2, 0.25) is 0 Å². The third-order valence-electron chi connectivity index (χ3n) is 3.88. The predicted octanol–water partition coefficient (Wildman–Crippen LogP) is 5.02. The first-order valence-electron chi connectivity index (χ1n) is 8.06. The van der Waals surface area contributed by atoms with E-state index < -0.39 is 0 Å². The fraction of sp³-hybridized carbons (Fsp3) is 0.222. The van der Waals surface area contributed by atoms with Crippen molar-refractivity contribution in [1.29, 1.82) is 0 Å². The third-order valence-corrected chi connectivity index (χ3v) is 6.34. The Hall–Kier alpha value is -1.83. The average molecular weight is 387 g/mol. The van der Waals surface area contributed by atoms with Gasteiger partial charge < -0.3 is 10.6 Å². The molecule has 0 bridgehead atoms. The third kappa shape index (κ3) is 3.89. The smallest absolute Gasteiger partial charge is 0.197 e. The Kier molecular flexibility index (Phi) is 5.05. The SMILES string of the molecule is CSc1cccc(-c2cc(-c3csc(NC4=NCCCN4)n3)cs2)c1. The lowest BCUT2D eigenvalue weighted by molar-refractivity contribution is 0.740. The summed E-state index contributed by atoms with van der Waals surface area (Å²) in [5.41, 5.74) is 3.43. The molecule has 1 aliphatic heterocycles. The molecule has 7 heteroatoms. The second-order valence-corrected chi connectivity index (χ2v) is 8.25. The quantitative estimate of drug-likeness (QED) is 0.618. The van der Waals surface area contributed by atoms with Crippen molar-refractivity contribution in [3.05, 3.63) is 41.1 Å². The van der Waals surface area contributed by atoms with Gasteiger partial charge in [0.15, 0.2) is 11.1 Å². The van der Waals surface area contributed by atoms with Crippen LogP contribution in [0, 0.1) is 0 Å². The van der Waals surface area contributed by atoms with E-state index in [1.807, 2.05) is 0 Å². The molecular formula is C18H18N4S3. The first kappa shape index (κ1) is 16.6. The largest absolute Gasteiger partial charge is 0.356 e. The number of benzene rings is 1. The van der Waals surface area contributed by atoms with Crippen molar-refractivity contribution in [3.8, 4) is 21.7 Å². The van der Waals surface area contributed by atoms with Crippen molar-refractivity contribution >= 4 is 45.5 Å². The van der Waals surface area contributed by atoms with Crippen LogP contribution in [-0.4, -0.2) is 30.3 Å². The number of aliphatic imine (C=N–C) groups is 1. The van der Waals surface area contributed by atoms with E-state index in [4.69, 9.17) is 4.98 Å². The summed E-state index contributed by atoms with van der Waals surface area (Å²) in [5.74, 6) is 0.826. The van der Waals surface area contributed by atoms with Crippen molar-refractivity contribution in [2.75, 3.05) is 24.7 Å². The van der Waals surface area contributed by atoms with E-state index in [2.05, 4.69) is 63.0 Å². The van der Waals surface area contributed by atoms with E-state index in [1.165, 1.54) is 15.3 Å². The Balaban J connectivity index is 1.53. The molecule has 2 aromatic heterocycles. The number of hydrogen-bond acceptors (Lipinski definition) is 7. The van der Waals surface area contributed by atoms with Crippen molar-refractivity contribution < 1.29 is 0 Å². The average Bonchev–Trinajstić information content (AvgIpc) is 3.32. The molecule has 1 aliphatic rings. The van der Waals surface area contributed by atoms with Crippen LogP contribution in [0.1, 0.15) is 6.42 Å². The number of hydrogen-bond donors (Lipinski definition) is 2. The van der Waals surface area contributed by atoms with Gasteiger partial charge in [0.05, 0.1) is 5.69 Å². The molecule has 0 amide bonds. The van der Waals surface area contributed by atoms with E-state index in [-0.39, 0.29) is 0 Å². The van der Waals surface area contributed by atoms with Crippen molar-refractivity contribution in [2.45, 2.75) is 11.3 Å². The molecule has 3 heterocycles. The van der Waals surface area contributed by atoms with E-state index in [1.54, 1.807) is 34.4 Å². The minimum Gasteiger partial charge on any atom is -0.356 e. The Labute approximate surface area is 159 Å². The number of nitrogens with one attached hydrogen (secondary N) is 2. The maximum absolute atomic E-state index is 4.70. The zero-order valence-electron chi connectivity index (χ0n) is 13.8. The predicted molar refractivity (Wildman–Crippen MR) is 111 cm³/mol. The van der Waals surface area contributed by atoms with E-state index in [9.17, 15) is 0 Å². The van der Waals surface area contributed by atoms with Gasteiger partial charge in [-0.1, -0.05) is 12.1 Å². The molecule has 0 saturated heterocycles. The van der Waals surface area contributed by atoms with Crippen LogP contribution in [0.25, 0.3) is 21.7 Å². The zero-order valence-corrected chi connectivity index (χ0v) is 16.2. The summed E-state index contributed by atoms with van der Waals surface area (Å²) in [6.07, 6.45) is 3.19. The highest BCUT2D eigenvalue weighted by Gasteiger charge is 2.11. The highest BCUT2D eigenvalue weighted by atomic mass is 32.2. The first-order valence-corrected chi connectivity index (χ1v) is 11.0. The van der Waals surface area contributed by atoms with E-state index >= 15 is 0 Å². The number of guanidine groups is 1. The molecular weight excluding hydrogens is 368 g/mol. The topological polar surface area (TPSA) is 49.3 Å². The van der Waals surface area contributed by atoms with Crippen molar-refractivity contribution in [3.63, 3.8) is 0 Å². The fourth-order valence-corrected chi connectivity index (χ4v) is 4.66. The van der Waals surface area contributed by atoms with Gasteiger partial charge in [-0.05, 0) is 36.4 Å². The van der Waals surface area contributed by atoms with Gasteiger partial charge in [-0.25, -0.2) is 4.98 Å². The lowest BCUT2D eigenvalue weighted by Crippen LogP contribution is -2.35. The molecule has 0 fully saturated rings. The van der Waals surface area contributed by atoms with Gasteiger partial charge >= 0.3 is 0 Å². The number of thioether (sulfide) groups is 1. The van der Waals surface area contributed by atoms with Gasteiger partial charge in [-0.2, -0.15) is 0 Å². The molecule has 0 saturated carbocycles. The minimum absolute atomic E-state index is 0.826. The fourth-order valence-electron chi connectivity index (χ4n) is 2.58. The van der Waals surface area contributed by atoms with Crippen LogP contribution in [-0.2, 0) is 0 Å². The molecule has 4 rings (SSSR count). The molecule has 2 N–H and O–H groups in total. The van der Waals surface area contributed by atoms with Crippen molar-refractivity contribution in [2.24, 2.45) is 4.99 Å². The van der Waals surface area contributed by atoms with Crippen LogP contribution in [0.4, 0.5) is 5.13 Å². The van der Waals surface area contributed by atoms with Gasteiger partial charge in [0.25, 0.3) is 0 Å². The van der Waals surface area contributed by atoms with E-state index in [0.29, 0.717) is 0 Å². The lowest BCUT2D eigenvalue weighted by Gasteiger charge is -2.14. The molecule has 0 unspecified atom stereocenters. The van der Waals surface area contributed by atoms with Crippen LogP contribution < -0.4 is 10.6 Å². The number of rotatable bonds is 4. The summed E-state index contributed by atoms with van der Waals surface area (Å²) in [5, 5.41) is 11.7. The standard InChI is InChI=1S/C18H18N4S3/c1-23-14-5-2-4-12(8-14)16-9-13(10-24-16)15-11-25-18(21-15)22-17-19-6-3-7-20-17/h2,4-5,8-11H,3,6-7H2,1H3,(H2,19,20,21,22). The van der Waals surface area contributed by atoms with Gasteiger partial charge in [-0.15, -0.1) is 34.4 Å². The van der Waals surface area contributed by atoms with Gasteiger partial charge in [-0.3, -0.25) is 4.99 Å². The Morgan fingerprint density at radius 3 is 2.96 bits per heavy atom. The summed E-state index contributed by atoms with van der Waals surface area (Å²) in [4.78, 5) is 11.7. The number of anilines is 1. The summed E-state index contributed by atoms with van der Waals surface area (Å²) >= 11 is 5.14. The molecule has 0 atom stereocenters. The minimum atomic E-state index is 0.826. The second kappa shape index (κ2) is 7.59. The Morgan fingerprint density at radius 2 is 2.12 bits per heavy atom. The zero-order chi connectivity index (χ0) is 17.1. The van der Waals surface area contributed by atoms with Crippen molar-refractivity contribution in [1.82, 2.24) is 10.3 Å². The molecule has 1 aromatic carbocycles. The van der Waals surface area contributed by atoms with Crippen LogP contribution in [0.15, 0.2) is 51.0 Å². The molecule has 128 valence electrons. The monoisotopic (exact) mass is 386 g/mol. The lowest BCUT2D eigenvalue weighted by atomic mass is 10.1. The van der Waals surface area contributed by atoms with Gasteiger partial charge in [0.1, 0.15) is 0 Å². The maximum atomic E-state index is 4.70. The van der Waals surface area contributed by atoms with E-state index in [0.717, 1.165) is 41.9 Å². The number of aromatic nitrogens is 1. The highest BCUT2D eigenvalue weighted by Crippen LogP contribution is 2.35. The summed E-state index contributed by atoms with van der Waals surface area (Å²) < 4.78 is 0. The Bertz CT molecular complexity index is 897. The van der Waals surface area contributed by atoms with Gasteiger partial charge in [0, 0.05) is 39.2 Å². The number of thiazole rings is 1. The number of nitrogens with zero attached hydrogens (tertiary/aromatic N) is 2. The molecule has 3 aromatic rings. The molecule has 4 nitrogen and oxygen atoms in total. The maximum Gasteiger partial charge on any atom is 0.197 e. The molecule has 0 spiro atoms. The number of thiophene rings is 1. The van der Waals surface area contributed by atoms with Crippen LogP contribution >= 0.6 is 34.4 Å². The highest BCUT2D eigenvalue weighted by molar-refractivity contribution is 7.98. The summed E-state index contributed by atoms with van der Waals surface area (Å²) in [7, 11) is 0. The second-order valence-electron chi connectivity index (χ2n) is 5.61. The summed E-state index contributed by atoms with van der Waals surface area (Å²) in [6, 6.07) is 10.9. The molecule has 0 aliphatic carbocycles. The van der Waals surface area contributed by atoms with Gasteiger partial charge in [0.2, 0.25) is 0 Å². The van der Waals surface area contributed by atoms with Crippen LogP contribution in [0.5, 0.6) is 0 Å².